The largest absolute Gasteiger partial charge is 0.505 e. The van der Waals surface area contributed by atoms with Crippen LogP contribution >= 0.6 is 0 Å². The second-order valence-electron chi connectivity index (χ2n) is 14.7. The number of phenols is 1. The van der Waals surface area contributed by atoms with Crippen molar-refractivity contribution in [3.8, 4) is 11.5 Å². The number of ketones is 1. The quantitative estimate of drug-likeness (QED) is 0.130. The molecule has 4 bridgehead atoms. The van der Waals surface area contributed by atoms with Crippen LogP contribution < -0.4 is 10.1 Å². The van der Waals surface area contributed by atoms with Crippen molar-refractivity contribution in [2.24, 2.45) is 23.7 Å². The van der Waals surface area contributed by atoms with Crippen LogP contribution in [0.15, 0.2) is 52.5 Å². The second kappa shape index (κ2) is 16.5. The zero-order valence-corrected chi connectivity index (χ0v) is 32.6. The van der Waals surface area contributed by atoms with Gasteiger partial charge in [0, 0.05) is 47.0 Å². The molecule has 7 N–H and O–H groups in total. The number of carbonyl (C=O) groups is 4. The molecule has 3 aliphatic heterocycles. The van der Waals surface area contributed by atoms with Crippen LogP contribution in [0.5, 0.6) is 11.5 Å². The van der Waals surface area contributed by atoms with Crippen molar-refractivity contribution in [2.45, 2.75) is 92.3 Å². The highest BCUT2D eigenvalue weighted by Crippen LogP contribution is 2.53. The molecule has 5 rings (SSSR count). The summed E-state index contributed by atoms with van der Waals surface area (Å²) >= 11 is 0. The highest BCUT2D eigenvalue weighted by atomic mass is 16.7. The number of esters is 2. The molecule has 0 saturated heterocycles. The number of benzene rings is 1. The predicted octanol–water partition coefficient (Wildman–Crippen LogP) is 3.10. The average molecular weight is 770 g/mol. The van der Waals surface area contributed by atoms with Gasteiger partial charge in [-0.2, -0.15) is 0 Å². The van der Waals surface area contributed by atoms with Crippen LogP contribution in [0, 0.1) is 30.6 Å². The van der Waals surface area contributed by atoms with E-state index in [1.165, 1.54) is 66.7 Å². The minimum atomic E-state index is -2.17. The molecule has 15 heteroatoms. The summed E-state index contributed by atoms with van der Waals surface area (Å²) in [6, 6.07) is 0. The summed E-state index contributed by atoms with van der Waals surface area (Å²) in [5.41, 5.74) is -2.34. The smallest absolute Gasteiger partial charge is 0.313 e. The number of methoxy groups -OCH3 is 1. The molecule has 4 aliphatic rings. The first-order chi connectivity index (χ1) is 25.6. The summed E-state index contributed by atoms with van der Waals surface area (Å²) in [5.74, 6) is -8.68. The third-order valence-electron chi connectivity index (χ3n) is 10.6. The molecule has 0 unspecified atom stereocenters. The van der Waals surface area contributed by atoms with Crippen LogP contribution in [0.3, 0.4) is 0 Å². The molecule has 0 radical (unpaired) electrons. The van der Waals surface area contributed by atoms with E-state index in [-0.39, 0.29) is 61.9 Å². The Morgan fingerprint density at radius 2 is 1.51 bits per heavy atom. The molecule has 300 valence electrons. The van der Waals surface area contributed by atoms with Gasteiger partial charge in [0.25, 0.3) is 5.91 Å². The van der Waals surface area contributed by atoms with E-state index in [2.05, 4.69) is 5.32 Å². The first-order valence-corrected chi connectivity index (χ1v) is 17.8. The SMILES string of the molecule is COC(=O)[C@@H]1[C@H](O)[C@H](C)[C@H](O)[C@H](C)/C=C\C=C(/C)C(=O)Nc2c(C)c(OC(C)=O)c3c(c2O)C(=O)C(C)=C2OCOC(=C23)/C(C)=C/[C@](C)(O)[C@H](O)[C@@H](C)[C@@H]1O. The molecule has 55 heavy (non-hydrogen) atoms. The van der Waals surface area contributed by atoms with Crippen LogP contribution in [0.1, 0.15) is 76.9 Å². The van der Waals surface area contributed by atoms with Gasteiger partial charge in [0.05, 0.1) is 48.3 Å². The topological polar surface area (TPSA) is 239 Å². The fourth-order valence-corrected chi connectivity index (χ4v) is 7.28. The number of anilines is 1. The van der Waals surface area contributed by atoms with E-state index in [0.29, 0.717) is 0 Å². The van der Waals surface area contributed by atoms with Gasteiger partial charge >= 0.3 is 11.9 Å². The highest BCUT2D eigenvalue weighted by molar-refractivity contribution is 6.21. The fraction of sp³-hybridized carbons (Fsp3) is 0.500. The number of phenolic OH excluding ortho intramolecular Hbond substituents is 1. The Labute approximate surface area is 319 Å². The lowest BCUT2D eigenvalue weighted by atomic mass is 9.75. The van der Waals surface area contributed by atoms with E-state index < -0.39 is 89.9 Å². The molecule has 1 amide bonds. The van der Waals surface area contributed by atoms with E-state index in [4.69, 9.17) is 18.9 Å². The zero-order chi connectivity index (χ0) is 41.4. The lowest BCUT2D eigenvalue weighted by Crippen LogP contribution is -2.53. The first kappa shape index (κ1) is 42.9. The van der Waals surface area contributed by atoms with Gasteiger partial charge in [-0.3, -0.25) is 19.2 Å². The number of carbonyl (C=O) groups excluding carboxylic acids is 4. The number of aliphatic hydroxyl groups excluding tert-OH is 4. The van der Waals surface area contributed by atoms with E-state index in [0.717, 1.165) is 14.0 Å². The summed E-state index contributed by atoms with van der Waals surface area (Å²) in [6.07, 6.45) is -0.878. The first-order valence-electron chi connectivity index (χ1n) is 17.8. The maximum atomic E-state index is 14.0. The predicted molar refractivity (Wildman–Crippen MR) is 198 cm³/mol. The van der Waals surface area contributed by atoms with E-state index in [1.807, 2.05) is 0 Å². The number of aromatic hydroxyl groups is 1. The molecule has 0 aromatic heterocycles. The molecule has 1 aromatic rings. The maximum Gasteiger partial charge on any atom is 0.313 e. The molecule has 0 saturated carbocycles. The Balaban J connectivity index is 2.07. The van der Waals surface area contributed by atoms with Gasteiger partial charge in [-0.25, -0.2) is 0 Å². The van der Waals surface area contributed by atoms with E-state index in [1.54, 1.807) is 13.0 Å². The summed E-state index contributed by atoms with van der Waals surface area (Å²) in [7, 11) is 1.06. The van der Waals surface area contributed by atoms with Gasteiger partial charge in [0.1, 0.15) is 28.8 Å². The van der Waals surface area contributed by atoms with Crippen molar-refractivity contribution >= 4 is 34.9 Å². The summed E-state index contributed by atoms with van der Waals surface area (Å²) in [4.78, 5) is 53.0. The number of allylic oxidation sites excluding steroid dienone is 5. The Morgan fingerprint density at radius 3 is 2.11 bits per heavy atom. The molecule has 9 atom stereocenters. The molecular formula is C40H51NO14. The van der Waals surface area contributed by atoms with E-state index >= 15 is 0 Å². The fourth-order valence-electron chi connectivity index (χ4n) is 7.28. The number of nitrogens with one attached hydrogen (secondary N) is 1. The second-order valence-corrected chi connectivity index (χ2v) is 14.7. The number of hydrogen-bond acceptors (Lipinski definition) is 14. The Bertz CT molecular complexity index is 1920. The number of Topliss-reactive ketones (excluding diaryl/α,β-unsaturated/α-hetero) is 1. The van der Waals surface area contributed by atoms with Crippen molar-refractivity contribution in [1.82, 2.24) is 0 Å². The molecule has 1 aromatic carbocycles. The Hall–Kier alpha value is -4.80. The van der Waals surface area contributed by atoms with Gasteiger partial charge in [-0.05, 0) is 46.3 Å². The number of amides is 1. The van der Waals surface area contributed by atoms with Crippen molar-refractivity contribution in [3.05, 3.63) is 69.2 Å². The lowest BCUT2D eigenvalue weighted by molar-refractivity contribution is -0.168. The summed E-state index contributed by atoms with van der Waals surface area (Å²) < 4.78 is 22.3. The molecule has 0 spiro atoms. The monoisotopic (exact) mass is 769 g/mol. The van der Waals surface area contributed by atoms with E-state index in [9.17, 15) is 49.8 Å². The Morgan fingerprint density at radius 1 is 0.909 bits per heavy atom. The lowest BCUT2D eigenvalue weighted by Gasteiger charge is -2.39. The number of hydrogen-bond donors (Lipinski definition) is 7. The van der Waals surface area contributed by atoms with Crippen LogP contribution in [-0.2, 0) is 28.6 Å². The number of ether oxygens (including phenoxy) is 4. The van der Waals surface area contributed by atoms with Crippen LogP contribution in [-0.4, -0.2) is 98.2 Å². The van der Waals surface area contributed by atoms with Crippen molar-refractivity contribution in [1.29, 1.82) is 0 Å². The van der Waals surface area contributed by atoms with Crippen molar-refractivity contribution in [3.63, 3.8) is 0 Å². The molecule has 0 fully saturated rings. The summed E-state index contributed by atoms with van der Waals surface area (Å²) in [6.45, 7) is 12.3. The van der Waals surface area contributed by atoms with Gasteiger partial charge in [0.15, 0.2) is 11.5 Å². The van der Waals surface area contributed by atoms with Gasteiger partial charge in [-0.15, -0.1) is 0 Å². The third kappa shape index (κ3) is 8.12. The molecule has 3 heterocycles. The number of fused-ring (bicyclic) bond motifs is 14. The van der Waals surface area contributed by atoms with Crippen LogP contribution in [0.2, 0.25) is 0 Å². The molecule has 15 nitrogen and oxygen atoms in total. The minimum Gasteiger partial charge on any atom is -0.505 e. The normalized spacial score (nSPS) is 33.3. The average Bonchev–Trinajstić information content (AvgIpc) is 3.13. The molecule has 1 aliphatic carbocycles. The Kier molecular flexibility index (Phi) is 12.9. The van der Waals surface area contributed by atoms with Gasteiger partial charge < -0.3 is 54.9 Å². The van der Waals surface area contributed by atoms with Crippen molar-refractivity contribution < 1.29 is 68.8 Å². The van der Waals surface area contributed by atoms with Crippen LogP contribution in [0.25, 0.3) is 5.57 Å². The molecular weight excluding hydrogens is 718 g/mol. The maximum absolute atomic E-state index is 14.0. The van der Waals surface area contributed by atoms with Crippen molar-refractivity contribution in [2.75, 3.05) is 19.2 Å². The van der Waals surface area contributed by atoms with Gasteiger partial charge in [-0.1, -0.05) is 39.0 Å². The third-order valence-corrected chi connectivity index (χ3v) is 10.6. The number of aliphatic hydroxyl groups is 5. The van der Waals surface area contributed by atoms with Crippen LogP contribution in [0.4, 0.5) is 5.69 Å². The summed E-state index contributed by atoms with van der Waals surface area (Å²) in [5, 5.41) is 71.8. The highest BCUT2D eigenvalue weighted by Gasteiger charge is 2.47. The van der Waals surface area contributed by atoms with Gasteiger partial charge in [0.2, 0.25) is 6.79 Å². The standard InChI is InChI=1S/C40H51NO14/c1-16-12-11-13-17(2)38(49)41-28-19(4)36(55-23(8)42)24-25(33(28)47)31(45)21(6)35-26(24)34(53-15-54-35)18(3)14-40(9,51)37(48)22(7)32(46)27(39(50)52-10)30(44)20(5)29(16)43/h11-14,16,20,22,27,29-30,32,37,43-44,46-48,51H,15H2,1-10H3,(H,41,49)/b12-11-,17-13+,18-14+/t16-,20-,22+,27-,29-,30-,32+,37-,40+/m1/s1. The number of rotatable bonds is 2. The minimum absolute atomic E-state index is 0.00256. The zero-order valence-electron chi connectivity index (χ0n) is 32.6.